The lowest BCUT2D eigenvalue weighted by atomic mass is 10.2. The van der Waals surface area contributed by atoms with Crippen molar-refractivity contribution in [2.24, 2.45) is 0 Å². The van der Waals surface area contributed by atoms with Crippen molar-refractivity contribution in [3.63, 3.8) is 0 Å². The summed E-state index contributed by atoms with van der Waals surface area (Å²) in [6, 6.07) is 20.8. The van der Waals surface area contributed by atoms with Gasteiger partial charge in [0.25, 0.3) is 8.32 Å². The highest BCUT2D eigenvalue weighted by Gasteiger charge is 2.49. The summed E-state index contributed by atoms with van der Waals surface area (Å²) in [5, 5.41) is 2.34. The second kappa shape index (κ2) is 9.80. The van der Waals surface area contributed by atoms with Crippen LogP contribution < -0.4 is 10.4 Å². The van der Waals surface area contributed by atoms with E-state index in [0.29, 0.717) is 19.4 Å². The second-order valence-electron chi connectivity index (χ2n) is 7.91. The zero-order valence-corrected chi connectivity index (χ0v) is 18.2. The van der Waals surface area contributed by atoms with E-state index < -0.39 is 14.3 Å². The highest BCUT2D eigenvalue weighted by Crippen LogP contribution is 2.36. The first-order chi connectivity index (χ1) is 13.3. The van der Waals surface area contributed by atoms with Gasteiger partial charge in [0, 0.05) is 13.0 Å². The second-order valence-corrected chi connectivity index (χ2v) is 12.2. The third-order valence-corrected chi connectivity index (χ3v) is 9.95. The number of ether oxygens (including phenoxy) is 1. The number of benzene rings is 2. The van der Waals surface area contributed by atoms with Gasteiger partial charge >= 0.3 is 5.97 Å². The summed E-state index contributed by atoms with van der Waals surface area (Å²) >= 11 is 0. The van der Waals surface area contributed by atoms with E-state index in [0.717, 1.165) is 0 Å². The van der Waals surface area contributed by atoms with Crippen molar-refractivity contribution in [3.8, 4) is 0 Å². The molecule has 0 saturated heterocycles. The van der Waals surface area contributed by atoms with E-state index in [9.17, 15) is 9.59 Å². The summed E-state index contributed by atoms with van der Waals surface area (Å²) in [5.41, 5.74) is 0. The largest absolute Gasteiger partial charge is 0.469 e. The van der Waals surface area contributed by atoms with E-state index >= 15 is 0 Å². The smallest absolute Gasteiger partial charge is 0.313 e. The molecule has 0 aliphatic heterocycles. The van der Waals surface area contributed by atoms with Gasteiger partial charge in [-0.1, -0.05) is 81.4 Å². The van der Waals surface area contributed by atoms with Crippen LogP contribution in [0.1, 0.15) is 40.0 Å². The molecule has 0 bridgehead atoms. The van der Waals surface area contributed by atoms with Gasteiger partial charge in [0.05, 0.1) is 7.11 Å². The minimum absolute atomic E-state index is 0.0915. The molecule has 0 fully saturated rings. The van der Waals surface area contributed by atoms with E-state index in [1.165, 1.54) is 17.5 Å². The summed E-state index contributed by atoms with van der Waals surface area (Å²) in [4.78, 5) is 23.2. The minimum atomic E-state index is -2.56. The van der Waals surface area contributed by atoms with Crippen molar-refractivity contribution in [3.05, 3.63) is 60.7 Å². The molecule has 2 aromatic rings. The molecule has 4 nitrogen and oxygen atoms in total. The molecule has 0 amide bonds. The SMILES string of the molecule is COC(=O)CC(=O)CCCO[Si](c1ccccc1)(c1ccccc1)C(C)(C)C. The van der Waals surface area contributed by atoms with Crippen LogP contribution in [0.3, 0.4) is 0 Å². The molecule has 0 heterocycles. The molecule has 0 radical (unpaired) electrons. The molecule has 2 aromatic carbocycles. The number of rotatable bonds is 9. The molecule has 0 saturated carbocycles. The monoisotopic (exact) mass is 398 g/mol. The number of hydrogen-bond acceptors (Lipinski definition) is 4. The van der Waals surface area contributed by atoms with Crippen molar-refractivity contribution >= 4 is 30.4 Å². The van der Waals surface area contributed by atoms with Gasteiger partial charge in [-0.3, -0.25) is 9.59 Å². The molecule has 28 heavy (non-hydrogen) atoms. The fraction of sp³-hybridized carbons (Fsp3) is 0.391. The normalized spacial score (nSPS) is 11.9. The molecule has 0 spiro atoms. The molecule has 0 unspecified atom stereocenters. The molecule has 0 aromatic heterocycles. The third-order valence-electron chi connectivity index (χ3n) is 4.90. The Kier molecular flexibility index (Phi) is 7.72. The number of esters is 1. The molecular formula is C23H30O4Si. The van der Waals surface area contributed by atoms with E-state index in [4.69, 9.17) is 4.43 Å². The van der Waals surface area contributed by atoms with Crippen LogP contribution in [-0.2, 0) is 18.8 Å². The minimum Gasteiger partial charge on any atom is -0.469 e. The van der Waals surface area contributed by atoms with Crippen LogP contribution >= 0.6 is 0 Å². The van der Waals surface area contributed by atoms with Gasteiger partial charge in [0.15, 0.2) is 0 Å². The Hall–Kier alpha value is -2.24. The van der Waals surface area contributed by atoms with Gasteiger partial charge < -0.3 is 9.16 Å². The van der Waals surface area contributed by atoms with E-state index in [1.54, 1.807) is 0 Å². The van der Waals surface area contributed by atoms with Crippen LogP contribution in [0, 0.1) is 0 Å². The molecule has 0 aliphatic rings. The first kappa shape index (κ1) is 22.1. The zero-order chi connectivity index (χ0) is 20.6. The van der Waals surface area contributed by atoms with E-state index in [1.807, 2.05) is 12.1 Å². The van der Waals surface area contributed by atoms with Crippen molar-refractivity contribution in [1.29, 1.82) is 0 Å². The Labute approximate surface area is 169 Å². The van der Waals surface area contributed by atoms with Crippen molar-refractivity contribution in [2.45, 2.75) is 45.1 Å². The number of ketones is 1. The number of hydrogen-bond donors (Lipinski definition) is 0. The van der Waals surface area contributed by atoms with Crippen molar-refractivity contribution in [1.82, 2.24) is 0 Å². The first-order valence-corrected chi connectivity index (χ1v) is 11.6. The molecule has 0 aliphatic carbocycles. The standard InChI is InChI=1S/C23H30O4Si/c1-23(2,3)28(20-13-7-5-8-14-20,21-15-9-6-10-16-21)27-17-11-12-19(24)18-22(25)26-4/h5-10,13-16H,11-12,17-18H2,1-4H3. The number of methoxy groups -OCH3 is 1. The summed E-state index contributed by atoms with van der Waals surface area (Å²) in [6.07, 6.45) is 0.726. The van der Waals surface area contributed by atoms with Gasteiger partial charge in [-0.25, -0.2) is 0 Å². The molecule has 5 heteroatoms. The Morgan fingerprint density at radius 1 is 0.893 bits per heavy atom. The molecule has 150 valence electrons. The predicted molar refractivity (Wildman–Crippen MR) is 114 cm³/mol. The fourth-order valence-electron chi connectivity index (χ4n) is 3.58. The van der Waals surface area contributed by atoms with Crippen LogP contribution in [-0.4, -0.2) is 33.8 Å². The van der Waals surface area contributed by atoms with Crippen LogP contribution in [0.4, 0.5) is 0 Å². The number of carbonyl (C=O) groups excluding carboxylic acids is 2. The van der Waals surface area contributed by atoms with E-state index in [-0.39, 0.29) is 17.2 Å². The van der Waals surface area contributed by atoms with Gasteiger partial charge in [-0.05, 0) is 21.8 Å². The Morgan fingerprint density at radius 3 is 1.82 bits per heavy atom. The molecular weight excluding hydrogens is 368 g/mol. The average molecular weight is 399 g/mol. The molecule has 2 rings (SSSR count). The maximum Gasteiger partial charge on any atom is 0.313 e. The van der Waals surface area contributed by atoms with Gasteiger partial charge in [-0.15, -0.1) is 0 Å². The van der Waals surface area contributed by atoms with Crippen LogP contribution in [0.2, 0.25) is 5.04 Å². The lowest BCUT2D eigenvalue weighted by Crippen LogP contribution is -2.66. The van der Waals surface area contributed by atoms with Gasteiger partial charge in [0.1, 0.15) is 12.2 Å². The predicted octanol–water partition coefficient (Wildman–Crippen LogP) is 3.48. The van der Waals surface area contributed by atoms with Crippen LogP contribution in [0.25, 0.3) is 0 Å². The highest BCUT2D eigenvalue weighted by atomic mass is 28.4. The number of Topliss-reactive ketones (excluding diaryl/α,β-unsaturated/α-hetero) is 1. The zero-order valence-electron chi connectivity index (χ0n) is 17.2. The van der Waals surface area contributed by atoms with Crippen molar-refractivity contribution in [2.75, 3.05) is 13.7 Å². The lowest BCUT2D eigenvalue weighted by molar-refractivity contribution is -0.143. The average Bonchev–Trinajstić information content (AvgIpc) is 2.68. The maximum atomic E-state index is 11.9. The first-order valence-electron chi connectivity index (χ1n) is 9.65. The summed E-state index contributed by atoms with van der Waals surface area (Å²) in [7, 11) is -1.27. The summed E-state index contributed by atoms with van der Waals surface area (Å²) < 4.78 is 11.3. The molecule has 0 atom stereocenters. The Bertz CT molecular complexity index is 727. The molecule has 0 N–H and O–H groups in total. The summed E-state index contributed by atoms with van der Waals surface area (Å²) in [5.74, 6) is -0.601. The number of carbonyl (C=O) groups is 2. The van der Waals surface area contributed by atoms with Gasteiger partial charge in [0.2, 0.25) is 0 Å². The van der Waals surface area contributed by atoms with Gasteiger partial charge in [-0.2, -0.15) is 0 Å². The quantitative estimate of drug-likeness (QED) is 0.281. The topological polar surface area (TPSA) is 52.6 Å². The highest BCUT2D eigenvalue weighted by molar-refractivity contribution is 6.99. The van der Waals surface area contributed by atoms with Crippen molar-refractivity contribution < 1.29 is 18.8 Å². The van der Waals surface area contributed by atoms with Crippen LogP contribution in [0.5, 0.6) is 0 Å². The maximum absolute atomic E-state index is 11.9. The lowest BCUT2D eigenvalue weighted by Gasteiger charge is -2.43. The summed E-state index contributed by atoms with van der Waals surface area (Å²) in [6.45, 7) is 7.14. The van der Waals surface area contributed by atoms with E-state index in [2.05, 4.69) is 74.0 Å². The third kappa shape index (κ3) is 5.18. The Morgan fingerprint density at radius 2 is 1.39 bits per heavy atom. The van der Waals surface area contributed by atoms with Crippen LogP contribution in [0.15, 0.2) is 60.7 Å². The Balaban J connectivity index is 2.25. The fourth-order valence-corrected chi connectivity index (χ4v) is 8.18.